The Morgan fingerprint density at radius 1 is 1.26 bits per heavy atom. The summed E-state index contributed by atoms with van der Waals surface area (Å²) in [6, 6.07) is 13.1. The van der Waals surface area contributed by atoms with Gasteiger partial charge in [0.2, 0.25) is 11.1 Å². The van der Waals surface area contributed by atoms with Crippen LogP contribution in [-0.4, -0.2) is 26.0 Å². The molecule has 0 bridgehead atoms. The molecule has 0 aliphatic heterocycles. The number of nitrogens with one attached hydrogen (secondary N) is 1. The Labute approximate surface area is 164 Å². The maximum Gasteiger partial charge on any atom is 0.237 e. The Morgan fingerprint density at radius 2 is 1.96 bits per heavy atom. The predicted molar refractivity (Wildman–Crippen MR) is 105 cm³/mol. The summed E-state index contributed by atoms with van der Waals surface area (Å²) < 4.78 is 14.3. The highest BCUT2D eigenvalue weighted by Crippen LogP contribution is 2.25. The maximum atomic E-state index is 13.0. The summed E-state index contributed by atoms with van der Waals surface area (Å²) in [4.78, 5) is 12.4. The fourth-order valence-corrected chi connectivity index (χ4v) is 3.27. The van der Waals surface area contributed by atoms with Crippen LogP contribution in [0.4, 0.5) is 10.1 Å². The third-order valence-electron chi connectivity index (χ3n) is 3.79. The van der Waals surface area contributed by atoms with Crippen LogP contribution in [0, 0.1) is 5.82 Å². The zero-order chi connectivity index (χ0) is 19.4. The van der Waals surface area contributed by atoms with Crippen LogP contribution >= 0.6 is 23.4 Å². The van der Waals surface area contributed by atoms with Crippen molar-refractivity contribution >= 4 is 35.0 Å². The Bertz CT molecular complexity index is 947. The van der Waals surface area contributed by atoms with Gasteiger partial charge in [-0.1, -0.05) is 47.6 Å². The molecule has 0 fully saturated rings. The monoisotopic (exact) mass is 405 g/mol. The predicted octanol–water partition coefficient (Wildman–Crippen LogP) is 3.49. The molecule has 0 aliphatic carbocycles. The number of carbonyl (C=O) groups is 1. The van der Waals surface area contributed by atoms with E-state index in [4.69, 9.17) is 17.4 Å². The van der Waals surface area contributed by atoms with Crippen LogP contribution in [0.3, 0.4) is 0 Å². The van der Waals surface area contributed by atoms with Crippen LogP contribution in [0.1, 0.15) is 18.3 Å². The highest BCUT2D eigenvalue weighted by Gasteiger charge is 2.20. The fourth-order valence-electron chi connectivity index (χ4n) is 2.30. The topological polar surface area (TPSA) is 85.8 Å². The van der Waals surface area contributed by atoms with Crippen molar-refractivity contribution in [3.8, 4) is 0 Å². The molecule has 1 amide bonds. The van der Waals surface area contributed by atoms with E-state index in [9.17, 15) is 9.18 Å². The molecule has 0 unspecified atom stereocenters. The van der Waals surface area contributed by atoms with Gasteiger partial charge in [-0.2, -0.15) is 0 Å². The molecular weight excluding hydrogens is 389 g/mol. The number of halogens is 2. The lowest BCUT2D eigenvalue weighted by Gasteiger charge is -2.12. The number of thioether (sulfide) groups is 1. The van der Waals surface area contributed by atoms with Crippen molar-refractivity contribution in [2.24, 2.45) is 0 Å². The summed E-state index contributed by atoms with van der Waals surface area (Å²) in [5.41, 5.74) is 1.40. The number of amides is 1. The van der Waals surface area contributed by atoms with Gasteiger partial charge >= 0.3 is 0 Å². The number of nitrogens with two attached hydrogens (primary N) is 1. The van der Waals surface area contributed by atoms with Gasteiger partial charge in [0.05, 0.1) is 16.0 Å². The van der Waals surface area contributed by atoms with Gasteiger partial charge in [-0.3, -0.25) is 4.79 Å². The van der Waals surface area contributed by atoms with Gasteiger partial charge in [-0.15, -0.1) is 10.2 Å². The molecule has 0 radical (unpaired) electrons. The van der Waals surface area contributed by atoms with E-state index in [2.05, 4.69) is 15.5 Å². The van der Waals surface area contributed by atoms with Crippen molar-refractivity contribution in [1.29, 1.82) is 0 Å². The number of anilines is 1. The van der Waals surface area contributed by atoms with Crippen LogP contribution in [0.5, 0.6) is 0 Å². The second-order valence-electron chi connectivity index (χ2n) is 5.80. The molecule has 0 saturated carbocycles. The quantitative estimate of drug-likeness (QED) is 0.484. The number of benzene rings is 2. The first-order valence-corrected chi connectivity index (χ1v) is 9.35. The summed E-state index contributed by atoms with van der Waals surface area (Å²) in [5, 5.41) is 11.3. The summed E-state index contributed by atoms with van der Waals surface area (Å²) >= 11 is 7.24. The zero-order valence-electron chi connectivity index (χ0n) is 14.4. The third-order valence-corrected chi connectivity index (χ3v) is 5.18. The van der Waals surface area contributed by atoms with E-state index in [1.807, 2.05) is 0 Å². The molecule has 140 valence electrons. The van der Waals surface area contributed by atoms with Gasteiger partial charge in [0.25, 0.3) is 0 Å². The number of aromatic nitrogens is 3. The number of hydrogen-bond acceptors (Lipinski definition) is 5. The van der Waals surface area contributed by atoms with Gasteiger partial charge in [-0.25, -0.2) is 9.07 Å². The molecule has 2 aromatic carbocycles. The molecule has 3 aromatic rings. The Balaban J connectivity index is 1.65. The summed E-state index contributed by atoms with van der Waals surface area (Å²) in [6.07, 6.45) is 0.407. The molecule has 0 spiro atoms. The lowest BCUT2D eigenvalue weighted by molar-refractivity contribution is -0.115. The van der Waals surface area contributed by atoms with Crippen molar-refractivity contribution in [1.82, 2.24) is 14.9 Å². The van der Waals surface area contributed by atoms with E-state index in [-0.39, 0.29) is 11.7 Å². The molecule has 0 saturated heterocycles. The van der Waals surface area contributed by atoms with Gasteiger partial charge in [-0.05, 0) is 36.8 Å². The molecule has 0 aliphatic rings. The Hall–Kier alpha value is -2.58. The lowest BCUT2D eigenvalue weighted by atomic mass is 10.1. The molecule has 3 N–H and O–H groups in total. The van der Waals surface area contributed by atoms with Crippen LogP contribution in [0.15, 0.2) is 53.7 Å². The van der Waals surface area contributed by atoms with E-state index in [0.29, 0.717) is 28.1 Å². The van der Waals surface area contributed by atoms with Crippen LogP contribution in [-0.2, 0) is 11.2 Å². The number of nitrogens with zero attached hydrogens (tertiary/aromatic N) is 3. The second-order valence-corrected chi connectivity index (χ2v) is 7.52. The van der Waals surface area contributed by atoms with Gasteiger partial charge < -0.3 is 11.2 Å². The first-order chi connectivity index (χ1) is 12.9. The van der Waals surface area contributed by atoms with Crippen molar-refractivity contribution < 1.29 is 9.18 Å². The minimum atomic E-state index is -0.466. The van der Waals surface area contributed by atoms with Gasteiger partial charge in [0.1, 0.15) is 5.82 Å². The van der Waals surface area contributed by atoms with Crippen LogP contribution in [0.2, 0.25) is 5.02 Å². The molecule has 9 heteroatoms. The minimum absolute atomic E-state index is 0.226. The van der Waals surface area contributed by atoms with Crippen molar-refractivity contribution in [3.63, 3.8) is 0 Å². The first-order valence-electron chi connectivity index (χ1n) is 8.10. The normalized spacial score (nSPS) is 12.0. The smallest absolute Gasteiger partial charge is 0.237 e. The van der Waals surface area contributed by atoms with E-state index >= 15 is 0 Å². The number of para-hydroxylation sites is 1. The van der Waals surface area contributed by atoms with E-state index in [1.54, 1.807) is 43.3 Å². The second kappa shape index (κ2) is 8.41. The highest BCUT2D eigenvalue weighted by molar-refractivity contribution is 8.00. The molecular formula is C18H17ClFN5OS. The largest absolute Gasteiger partial charge is 0.336 e. The molecule has 6 nitrogen and oxygen atoms in total. The Kier molecular flexibility index (Phi) is 5.98. The summed E-state index contributed by atoms with van der Waals surface area (Å²) in [6.45, 7) is 1.74. The molecule has 1 atom stereocenters. The van der Waals surface area contributed by atoms with Crippen LogP contribution < -0.4 is 11.2 Å². The summed E-state index contributed by atoms with van der Waals surface area (Å²) in [7, 11) is 0. The lowest BCUT2D eigenvalue weighted by Crippen LogP contribution is -2.24. The van der Waals surface area contributed by atoms with Crippen molar-refractivity contribution in [2.45, 2.75) is 23.8 Å². The average molecular weight is 406 g/mol. The number of nitrogen functional groups attached to an aromatic ring is 1. The number of carbonyl (C=O) groups excluding carboxylic acids is 1. The Morgan fingerprint density at radius 3 is 2.67 bits per heavy atom. The average Bonchev–Trinajstić information content (AvgIpc) is 2.99. The number of hydrogen-bond donors (Lipinski definition) is 2. The van der Waals surface area contributed by atoms with E-state index in [0.717, 1.165) is 5.56 Å². The van der Waals surface area contributed by atoms with E-state index in [1.165, 1.54) is 28.6 Å². The van der Waals surface area contributed by atoms with Crippen LogP contribution in [0.25, 0.3) is 0 Å². The van der Waals surface area contributed by atoms with Gasteiger partial charge in [0, 0.05) is 6.42 Å². The number of rotatable bonds is 6. The van der Waals surface area contributed by atoms with Gasteiger partial charge in [0.15, 0.2) is 5.82 Å². The van der Waals surface area contributed by atoms with E-state index < -0.39 is 5.25 Å². The minimum Gasteiger partial charge on any atom is -0.336 e. The first kappa shape index (κ1) is 19.2. The highest BCUT2D eigenvalue weighted by atomic mass is 35.5. The molecule has 1 heterocycles. The van der Waals surface area contributed by atoms with Crippen molar-refractivity contribution in [3.05, 3.63) is 70.8 Å². The maximum absolute atomic E-state index is 13.0. The third kappa shape index (κ3) is 4.78. The zero-order valence-corrected chi connectivity index (χ0v) is 16.0. The molecule has 1 aromatic heterocycles. The van der Waals surface area contributed by atoms with Crippen molar-refractivity contribution in [2.75, 3.05) is 11.2 Å². The standard InChI is InChI=1S/C18H17ClFN5OS/c1-11(17(26)22-15-5-3-2-4-14(15)19)27-18-24-23-16(25(18)21)10-12-6-8-13(20)9-7-12/h2-9,11H,10,21H2,1H3,(H,22,26)/t11-/m0/s1. The summed E-state index contributed by atoms with van der Waals surface area (Å²) in [5.74, 6) is 6.04. The SMILES string of the molecule is C[C@H](Sc1nnc(Cc2ccc(F)cc2)n1N)C(=O)Nc1ccccc1Cl. The molecule has 27 heavy (non-hydrogen) atoms. The molecule has 3 rings (SSSR count). The fraction of sp³-hybridized carbons (Fsp3) is 0.167.